The van der Waals surface area contributed by atoms with E-state index in [0.717, 1.165) is 7.11 Å². The van der Waals surface area contributed by atoms with Crippen molar-refractivity contribution in [3.63, 3.8) is 0 Å². The predicted octanol–water partition coefficient (Wildman–Crippen LogP) is 0.00360. The smallest absolute Gasteiger partial charge is 0.413 e. The Morgan fingerprint density at radius 2 is 1.67 bits per heavy atom. The summed E-state index contributed by atoms with van der Waals surface area (Å²) in [6.07, 6.45) is -1.27. The molecular formula is C8H14N2O5. The van der Waals surface area contributed by atoms with E-state index in [1.807, 2.05) is 5.32 Å². The van der Waals surface area contributed by atoms with Crippen LogP contribution in [0.4, 0.5) is 9.59 Å². The van der Waals surface area contributed by atoms with Crippen LogP contribution in [-0.4, -0.2) is 38.4 Å². The van der Waals surface area contributed by atoms with Crippen LogP contribution in [0.15, 0.2) is 0 Å². The summed E-state index contributed by atoms with van der Waals surface area (Å²) in [5.74, 6) is -0.644. The molecule has 0 radical (unpaired) electrons. The fraction of sp³-hybridized carbons (Fsp3) is 0.625. The summed E-state index contributed by atoms with van der Waals surface area (Å²) in [6, 6.07) is -0.823. The molecule has 3 amide bonds. The third-order valence-corrected chi connectivity index (χ3v) is 1.61. The molecule has 0 aliphatic carbocycles. The van der Waals surface area contributed by atoms with Crippen molar-refractivity contribution in [3.8, 4) is 0 Å². The zero-order chi connectivity index (χ0) is 11.8. The molecule has 0 heterocycles. The number of rotatable bonds is 3. The molecule has 15 heavy (non-hydrogen) atoms. The van der Waals surface area contributed by atoms with Gasteiger partial charge in [0, 0.05) is 0 Å². The van der Waals surface area contributed by atoms with Gasteiger partial charge < -0.3 is 14.8 Å². The third kappa shape index (κ3) is 4.84. The number of alkyl carbamates (subject to hydrolysis) is 2. The fourth-order valence-corrected chi connectivity index (χ4v) is 0.793. The molecule has 86 valence electrons. The second kappa shape index (κ2) is 6.63. The van der Waals surface area contributed by atoms with Gasteiger partial charge in [-0.2, -0.15) is 0 Å². The van der Waals surface area contributed by atoms with Crippen molar-refractivity contribution in [2.45, 2.75) is 19.4 Å². The molecule has 1 unspecified atom stereocenters. The summed E-state index contributed by atoms with van der Waals surface area (Å²) in [5, 5.41) is 4.20. The molecule has 0 spiro atoms. The van der Waals surface area contributed by atoms with Gasteiger partial charge in [-0.3, -0.25) is 10.1 Å². The van der Waals surface area contributed by atoms with E-state index < -0.39 is 24.1 Å². The summed E-state index contributed by atoms with van der Waals surface area (Å²) < 4.78 is 8.55. The van der Waals surface area contributed by atoms with E-state index in [1.54, 1.807) is 6.92 Å². The second-order valence-corrected chi connectivity index (χ2v) is 2.58. The molecule has 1 atom stereocenters. The van der Waals surface area contributed by atoms with Gasteiger partial charge in [0.05, 0.1) is 14.2 Å². The maximum atomic E-state index is 11.3. The highest BCUT2D eigenvalue weighted by molar-refractivity contribution is 5.96. The fourth-order valence-electron chi connectivity index (χ4n) is 0.793. The van der Waals surface area contributed by atoms with Crippen molar-refractivity contribution in [1.29, 1.82) is 0 Å². The van der Waals surface area contributed by atoms with Gasteiger partial charge in [-0.1, -0.05) is 6.92 Å². The molecule has 0 bridgehead atoms. The molecule has 0 fully saturated rings. The third-order valence-electron chi connectivity index (χ3n) is 1.61. The van der Waals surface area contributed by atoms with Crippen LogP contribution >= 0.6 is 0 Å². The van der Waals surface area contributed by atoms with Crippen molar-refractivity contribution in [3.05, 3.63) is 0 Å². The number of carbonyl (C=O) groups is 3. The zero-order valence-electron chi connectivity index (χ0n) is 8.83. The van der Waals surface area contributed by atoms with Gasteiger partial charge >= 0.3 is 12.2 Å². The van der Waals surface area contributed by atoms with Crippen molar-refractivity contribution in [2.75, 3.05) is 14.2 Å². The zero-order valence-corrected chi connectivity index (χ0v) is 8.83. The highest BCUT2D eigenvalue weighted by Crippen LogP contribution is 1.92. The predicted molar refractivity (Wildman–Crippen MR) is 50.2 cm³/mol. The first kappa shape index (κ1) is 13.2. The number of imide groups is 1. The average molecular weight is 218 g/mol. The number of hydrogen-bond donors (Lipinski definition) is 2. The van der Waals surface area contributed by atoms with Gasteiger partial charge in [-0.05, 0) is 6.42 Å². The number of amides is 3. The van der Waals surface area contributed by atoms with E-state index in [4.69, 9.17) is 0 Å². The van der Waals surface area contributed by atoms with E-state index in [9.17, 15) is 14.4 Å². The first-order valence-corrected chi connectivity index (χ1v) is 4.28. The molecule has 0 saturated heterocycles. The molecule has 0 aliphatic heterocycles. The Balaban J connectivity index is 4.22. The summed E-state index contributed by atoms with van der Waals surface area (Å²) in [5.41, 5.74) is 0. The quantitative estimate of drug-likeness (QED) is 0.695. The minimum atomic E-state index is -0.870. The van der Waals surface area contributed by atoms with E-state index in [-0.39, 0.29) is 0 Å². The van der Waals surface area contributed by atoms with E-state index in [1.165, 1.54) is 7.11 Å². The van der Waals surface area contributed by atoms with E-state index in [0.29, 0.717) is 6.42 Å². The van der Waals surface area contributed by atoms with Crippen LogP contribution in [0.25, 0.3) is 0 Å². The SMILES string of the molecule is CCC(NC(=O)OC)C(=O)NC(=O)OC. The number of carbonyl (C=O) groups excluding carboxylic acids is 3. The van der Waals surface area contributed by atoms with Crippen LogP contribution in [0.2, 0.25) is 0 Å². The molecule has 0 aliphatic rings. The molecule has 0 aromatic rings. The highest BCUT2D eigenvalue weighted by Gasteiger charge is 2.20. The standard InChI is InChI=1S/C8H14N2O5/c1-4-5(9-7(12)14-2)6(11)10-8(13)15-3/h5H,4H2,1-3H3,(H,9,12)(H,10,11,13). The largest absolute Gasteiger partial charge is 0.453 e. The van der Waals surface area contributed by atoms with Crippen LogP contribution < -0.4 is 10.6 Å². The Bertz CT molecular complexity index is 253. The van der Waals surface area contributed by atoms with Gasteiger partial charge in [0.15, 0.2) is 0 Å². The van der Waals surface area contributed by atoms with E-state index in [2.05, 4.69) is 14.8 Å². The van der Waals surface area contributed by atoms with Crippen molar-refractivity contribution < 1.29 is 23.9 Å². The lowest BCUT2D eigenvalue weighted by molar-refractivity contribution is -0.122. The van der Waals surface area contributed by atoms with Crippen LogP contribution in [0.3, 0.4) is 0 Å². The molecule has 0 saturated carbocycles. The monoisotopic (exact) mass is 218 g/mol. The minimum absolute atomic E-state index is 0.331. The summed E-state index contributed by atoms with van der Waals surface area (Å²) in [4.78, 5) is 32.8. The summed E-state index contributed by atoms with van der Waals surface area (Å²) in [7, 11) is 2.32. The number of ether oxygens (including phenoxy) is 2. The Hall–Kier alpha value is -1.79. The first-order valence-electron chi connectivity index (χ1n) is 4.28. The maximum absolute atomic E-state index is 11.3. The molecule has 0 aromatic heterocycles. The van der Waals surface area contributed by atoms with Crippen LogP contribution in [0, 0.1) is 0 Å². The van der Waals surface area contributed by atoms with Gasteiger partial charge in [0.2, 0.25) is 0 Å². The molecule has 7 heteroatoms. The van der Waals surface area contributed by atoms with Crippen LogP contribution in [0.5, 0.6) is 0 Å². The van der Waals surface area contributed by atoms with E-state index >= 15 is 0 Å². The summed E-state index contributed by atoms with van der Waals surface area (Å²) in [6.45, 7) is 1.68. The highest BCUT2D eigenvalue weighted by atomic mass is 16.5. The van der Waals surface area contributed by atoms with Crippen molar-refractivity contribution >= 4 is 18.1 Å². The van der Waals surface area contributed by atoms with Gasteiger partial charge in [-0.15, -0.1) is 0 Å². The molecule has 0 rings (SSSR count). The Morgan fingerprint density at radius 1 is 1.13 bits per heavy atom. The normalized spacial score (nSPS) is 11.1. The van der Waals surface area contributed by atoms with Crippen molar-refractivity contribution in [2.24, 2.45) is 0 Å². The van der Waals surface area contributed by atoms with Crippen molar-refractivity contribution in [1.82, 2.24) is 10.6 Å². The molecule has 2 N–H and O–H groups in total. The topological polar surface area (TPSA) is 93.7 Å². The number of nitrogens with one attached hydrogen (secondary N) is 2. The van der Waals surface area contributed by atoms with Gasteiger partial charge in [-0.25, -0.2) is 9.59 Å². The Morgan fingerprint density at radius 3 is 2.07 bits per heavy atom. The lowest BCUT2D eigenvalue weighted by Gasteiger charge is -2.14. The minimum Gasteiger partial charge on any atom is -0.453 e. The second-order valence-electron chi connectivity index (χ2n) is 2.58. The first-order chi connectivity index (χ1) is 7.04. The average Bonchev–Trinajstić information content (AvgIpc) is 2.24. The Labute approximate surface area is 87.1 Å². The van der Waals surface area contributed by atoms with Gasteiger partial charge in [0.1, 0.15) is 6.04 Å². The lowest BCUT2D eigenvalue weighted by Crippen LogP contribution is -2.48. The maximum Gasteiger partial charge on any atom is 0.413 e. The van der Waals surface area contributed by atoms with Crippen LogP contribution in [-0.2, 0) is 14.3 Å². The van der Waals surface area contributed by atoms with Crippen LogP contribution in [0.1, 0.15) is 13.3 Å². The summed E-state index contributed by atoms with van der Waals surface area (Å²) >= 11 is 0. The molecule has 7 nitrogen and oxygen atoms in total. The number of hydrogen-bond acceptors (Lipinski definition) is 5. The molecule has 0 aromatic carbocycles. The number of methoxy groups -OCH3 is 2. The molecular weight excluding hydrogens is 204 g/mol. The van der Waals surface area contributed by atoms with Gasteiger partial charge in [0.25, 0.3) is 5.91 Å². The lowest BCUT2D eigenvalue weighted by atomic mass is 10.2. The Kier molecular flexibility index (Phi) is 5.84.